The summed E-state index contributed by atoms with van der Waals surface area (Å²) in [6.07, 6.45) is 1.53. The van der Waals surface area contributed by atoms with Gasteiger partial charge >= 0.3 is 0 Å². The van der Waals surface area contributed by atoms with Crippen molar-refractivity contribution in [3.63, 3.8) is 0 Å². The van der Waals surface area contributed by atoms with E-state index in [0.29, 0.717) is 5.82 Å². The van der Waals surface area contributed by atoms with Gasteiger partial charge in [-0.25, -0.2) is 15.8 Å². The average Bonchev–Trinajstić information content (AvgIpc) is 2.75. The number of hydrazine groups is 1. The van der Waals surface area contributed by atoms with Crippen molar-refractivity contribution in [1.29, 1.82) is 0 Å². The maximum Gasteiger partial charge on any atom is 0.152 e. The second-order valence-corrected chi connectivity index (χ2v) is 5.15. The number of aryl methyl sites for hydroxylation is 1. The van der Waals surface area contributed by atoms with Crippen LogP contribution in [-0.4, -0.2) is 9.97 Å². The van der Waals surface area contributed by atoms with Crippen LogP contribution in [0.4, 0.5) is 5.82 Å². The van der Waals surface area contributed by atoms with Crippen molar-refractivity contribution in [2.24, 2.45) is 5.84 Å². The molecular formula is C13H12N4S. The number of fused-ring (bicyclic) bond motifs is 1. The summed E-state index contributed by atoms with van der Waals surface area (Å²) >= 11 is 1.66. The van der Waals surface area contributed by atoms with Crippen LogP contribution in [-0.2, 0) is 0 Å². The van der Waals surface area contributed by atoms with E-state index in [4.69, 9.17) is 5.84 Å². The number of aromatic nitrogens is 2. The minimum Gasteiger partial charge on any atom is -0.308 e. The first-order valence-corrected chi connectivity index (χ1v) is 6.39. The Labute approximate surface area is 108 Å². The number of nitrogens with one attached hydrogen (secondary N) is 1. The smallest absolute Gasteiger partial charge is 0.152 e. The SMILES string of the molecule is Cc1sc2ncnc(NN)c2c1-c1ccccc1. The molecule has 3 N–H and O–H groups in total. The maximum atomic E-state index is 5.54. The van der Waals surface area contributed by atoms with Gasteiger partial charge in [-0.2, -0.15) is 0 Å². The molecule has 0 fully saturated rings. The van der Waals surface area contributed by atoms with Gasteiger partial charge in [-0.05, 0) is 12.5 Å². The van der Waals surface area contributed by atoms with Gasteiger partial charge in [0.05, 0.1) is 5.39 Å². The van der Waals surface area contributed by atoms with Crippen molar-refractivity contribution in [1.82, 2.24) is 9.97 Å². The topological polar surface area (TPSA) is 63.8 Å². The molecule has 0 unspecified atom stereocenters. The van der Waals surface area contributed by atoms with Crippen LogP contribution in [0.1, 0.15) is 4.88 Å². The molecule has 3 aromatic rings. The van der Waals surface area contributed by atoms with Gasteiger partial charge in [-0.3, -0.25) is 0 Å². The summed E-state index contributed by atoms with van der Waals surface area (Å²) in [5.41, 5.74) is 4.97. The molecule has 2 heterocycles. The van der Waals surface area contributed by atoms with Crippen LogP contribution in [0.25, 0.3) is 21.3 Å². The summed E-state index contributed by atoms with van der Waals surface area (Å²) in [6, 6.07) is 10.2. The first kappa shape index (κ1) is 11.1. The Morgan fingerprint density at radius 1 is 1.17 bits per heavy atom. The molecule has 5 heteroatoms. The number of hydrogen-bond donors (Lipinski definition) is 2. The van der Waals surface area contributed by atoms with Crippen LogP contribution in [0.5, 0.6) is 0 Å². The van der Waals surface area contributed by atoms with Crippen molar-refractivity contribution < 1.29 is 0 Å². The lowest BCUT2D eigenvalue weighted by Crippen LogP contribution is -2.09. The fourth-order valence-electron chi connectivity index (χ4n) is 2.11. The van der Waals surface area contributed by atoms with Crippen LogP contribution in [0.2, 0.25) is 0 Å². The predicted octanol–water partition coefficient (Wildman–Crippen LogP) is 2.95. The molecular weight excluding hydrogens is 244 g/mol. The van der Waals surface area contributed by atoms with E-state index < -0.39 is 0 Å². The Hall–Kier alpha value is -1.98. The first-order chi connectivity index (χ1) is 8.81. The lowest BCUT2D eigenvalue weighted by atomic mass is 10.0. The summed E-state index contributed by atoms with van der Waals surface area (Å²) in [5, 5.41) is 0.994. The van der Waals surface area contributed by atoms with Crippen molar-refractivity contribution in [3.05, 3.63) is 41.5 Å². The molecule has 0 saturated carbocycles. The second-order valence-electron chi connectivity index (χ2n) is 3.95. The van der Waals surface area contributed by atoms with Gasteiger partial charge in [0.2, 0.25) is 0 Å². The second kappa shape index (κ2) is 4.36. The quantitative estimate of drug-likeness (QED) is 0.546. The summed E-state index contributed by atoms with van der Waals surface area (Å²) < 4.78 is 0. The Balaban J connectivity index is 2.38. The summed E-state index contributed by atoms with van der Waals surface area (Å²) in [5.74, 6) is 6.21. The number of nitrogen functional groups attached to an aromatic ring is 1. The average molecular weight is 256 g/mol. The highest BCUT2D eigenvalue weighted by Crippen LogP contribution is 2.39. The van der Waals surface area contributed by atoms with Gasteiger partial charge in [0, 0.05) is 10.4 Å². The third kappa shape index (κ3) is 1.64. The molecule has 0 aliphatic carbocycles. The van der Waals surface area contributed by atoms with E-state index in [-0.39, 0.29) is 0 Å². The molecule has 0 amide bonds. The number of nitrogens with zero attached hydrogens (tertiary/aromatic N) is 2. The Morgan fingerprint density at radius 2 is 1.94 bits per heavy atom. The van der Waals surface area contributed by atoms with Crippen molar-refractivity contribution in [2.75, 3.05) is 5.43 Å². The van der Waals surface area contributed by atoms with E-state index in [1.165, 1.54) is 11.2 Å². The standard InChI is InChI=1S/C13H12N4S/c1-8-10(9-5-3-2-4-6-9)11-12(17-14)15-7-16-13(11)18-8/h2-7H,14H2,1H3,(H,15,16,17). The molecule has 0 bridgehead atoms. The van der Waals surface area contributed by atoms with Gasteiger partial charge in [0.15, 0.2) is 5.82 Å². The lowest BCUT2D eigenvalue weighted by molar-refractivity contribution is 1.19. The van der Waals surface area contributed by atoms with Gasteiger partial charge < -0.3 is 5.43 Å². The van der Waals surface area contributed by atoms with E-state index in [9.17, 15) is 0 Å². The van der Waals surface area contributed by atoms with E-state index in [1.807, 2.05) is 18.2 Å². The number of nitrogens with two attached hydrogens (primary N) is 1. The molecule has 4 nitrogen and oxygen atoms in total. The lowest BCUT2D eigenvalue weighted by Gasteiger charge is -2.05. The van der Waals surface area contributed by atoms with Gasteiger partial charge in [0.25, 0.3) is 0 Å². The van der Waals surface area contributed by atoms with Gasteiger partial charge in [0.1, 0.15) is 11.2 Å². The highest BCUT2D eigenvalue weighted by Gasteiger charge is 2.15. The monoisotopic (exact) mass is 256 g/mol. The van der Waals surface area contributed by atoms with Crippen LogP contribution in [0.15, 0.2) is 36.7 Å². The minimum atomic E-state index is 0.670. The van der Waals surface area contributed by atoms with Crippen LogP contribution in [0, 0.1) is 6.92 Å². The Kier molecular flexibility index (Phi) is 2.70. The number of benzene rings is 1. The van der Waals surface area contributed by atoms with Crippen molar-refractivity contribution >= 4 is 27.4 Å². The molecule has 0 saturated heterocycles. The van der Waals surface area contributed by atoms with Gasteiger partial charge in [-0.15, -0.1) is 11.3 Å². The maximum absolute atomic E-state index is 5.54. The molecule has 0 atom stereocenters. The molecule has 18 heavy (non-hydrogen) atoms. The zero-order valence-corrected chi connectivity index (χ0v) is 10.7. The first-order valence-electron chi connectivity index (χ1n) is 5.57. The minimum absolute atomic E-state index is 0.670. The van der Waals surface area contributed by atoms with E-state index >= 15 is 0 Å². The molecule has 90 valence electrons. The van der Waals surface area contributed by atoms with E-state index in [1.54, 1.807) is 11.3 Å². The zero-order valence-electron chi connectivity index (χ0n) is 9.84. The molecule has 0 aliphatic rings. The predicted molar refractivity (Wildman–Crippen MR) is 75.4 cm³/mol. The highest BCUT2D eigenvalue weighted by molar-refractivity contribution is 7.19. The highest BCUT2D eigenvalue weighted by atomic mass is 32.1. The summed E-state index contributed by atoms with van der Waals surface area (Å²) in [4.78, 5) is 10.7. The third-order valence-electron chi connectivity index (χ3n) is 2.86. The van der Waals surface area contributed by atoms with Gasteiger partial charge in [-0.1, -0.05) is 30.3 Å². The molecule has 0 spiro atoms. The van der Waals surface area contributed by atoms with Crippen molar-refractivity contribution in [2.45, 2.75) is 6.92 Å². The Bertz CT molecular complexity index is 691. The Morgan fingerprint density at radius 3 is 2.67 bits per heavy atom. The fourth-order valence-corrected chi connectivity index (χ4v) is 3.12. The van der Waals surface area contributed by atoms with Crippen LogP contribution < -0.4 is 11.3 Å². The molecule has 0 radical (unpaired) electrons. The normalized spacial score (nSPS) is 10.8. The molecule has 1 aromatic carbocycles. The summed E-state index contributed by atoms with van der Waals surface area (Å²) in [7, 11) is 0. The van der Waals surface area contributed by atoms with E-state index in [0.717, 1.165) is 21.3 Å². The number of anilines is 1. The number of rotatable bonds is 2. The number of hydrogen-bond acceptors (Lipinski definition) is 5. The van der Waals surface area contributed by atoms with Crippen LogP contribution >= 0.6 is 11.3 Å². The summed E-state index contributed by atoms with van der Waals surface area (Å²) in [6.45, 7) is 2.09. The largest absolute Gasteiger partial charge is 0.308 e. The molecule has 0 aliphatic heterocycles. The van der Waals surface area contributed by atoms with E-state index in [2.05, 4.69) is 34.5 Å². The zero-order chi connectivity index (χ0) is 12.5. The fraction of sp³-hybridized carbons (Fsp3) is 0.0769. The molecule has 2 aromatic heterocycles. The van der Waals surface area contributed by atoms with Crippen LogP contribution in [0.3, 0.4) is 0 Å². The molecule has 3 rings (SSSR count). The third-order valence-corrected chi connectivity index (χ3v) is 3.88. The number of thiophene rings is 1. The van der Waals surface area contributed by atoms with Crippen molar-refractivity contribution in [3.8, 4) is 11.1 Å².